The molecule has 2 rings (SSSR count). The Bertz CT molecular complexity index is 600. The molecule has 1 heterocycles. The van der Waals surface area contributed by atoms with Gasteiger partial charge in [-0.15, -0.1) is 0 Å². The number of rotatable bonds is 5. The fourth-order valence-electron chi connectivity index (χ4n) is 2.25. The Morgan fingerprint density at radius 2 is 2.05 bits per heavy atom. The van der Waals surface area contributed by atoms with Gasteiger partial charge in [-0.05, 0) is 30.7 Å². The van der Waals surface area contributed by atoms with Crippen molar-refractivity contribution in [1.82, 2.24) is 4.90 Å². The van der Waals surface area contributed by atoms with E-state index in [0.29, 0.717) is 17.2 Å². The number of benzene rings is 1. The molecule has 0 spiro atoms. The van der Waals surface area contributed by atoms with Crippen molar-refractivity contribution in [2.75, 3.05) is 25.2 Å². The van der Waals surface area contributed by atoms with Crippen LogP contribution in [0.3, 0.4) is 0 Å². The Balaban J connectivity index is 1.78. The molecule has 1 aliphatic heterocycles. The number of carbonyl (C=O) groups excluding carboxylic acids is 1. The van der Waals surface area contributed by atoms with E-state index in [0.717, 1.165) is 0 Å². The van der Waals surface area contributed by atoms with Crippen molar-refractivity contribution in [2.24, 2.45) is 0 Å². The first-order valence-corrected chi connectivity index (χ1v) is 8.92. The van der Waals surface area contributed by atoms with Gasteiger partial charge in [0.25, 0.3) is 0 Å². The molecule has 1 aliphatic rings. The van der Waals surface area contributed by atoms with Crippen molar-refractivity contribution in [3.8, 4) is 5.75 Å². The van der Waals surface area contributed by atoms with E-state index in [2.05, 4.69) is 0 Å². The molecular formula is C14H18ClNO4S. The Morgan fingerprint density at radius 1 is 1.38 bits per heavy atom. The lowest BCUT2D eigenvalue weighted by molar-refractivity contribution is -0.132. The van der Waals surface area contributed by atoms with Crippen LogP contribution in [0.4, 0.5) is 0 Å². The van der Waals surface area contributed by atoms with Gasteiger partial charge in [0.1, 0.15) is 5.75 Å². The summed E-state index contributed by atoms with van der Waals surface area (Å²) < 4.78 is 28.3. The lowest BCUT2D eigenvalue weighted by atomic mass is 10.2. The predicted molar refractivity (Wildman–Crippen MR) is 81.4 cm³/mol. The van der Waals surface area contributed by atoms with E-state index in [4.69, 9.17) is 16.3 Å². The second-order valence-electron chi connectivity index (χ2n) is 5.11. The minimum absolute atomic E-state index is 0.0628. The SMILES string of the molecule is CN(C(=O)CCOc1ccc(Cl)cc1)[C@H]1CCS(=O)(=O)C1. The van der Waals surface area contributed by atoms with Crippen LogP contribution in [0.1, 0.15) is 12.8 Å². The highest BCUT2D eigenvalue weighted by atomic mass is 35.5. The van der Waals surface area contributed by atoms with Gasteiger partial charge in [0, 0.05) is 18.1 Å². The van der Waals surface area contributed by atoms with Gasteiger partial charge < -0.3 is 9.64 Å². The second-order valence-corrected chi connectivity index (χ2v) is 7.78. The standard InChI is InChI=1S/C14H18ClNO4S/c1-16(12-7-9-21(18,19)10-12)14(17)6-8-20-13-4-2-11(15)3-5-13/h2-5,12H,6-10H2,1H3/t12-/m0/s1. The highest BCUT2D eigenvalue weighted by Crippen LogP contribution is 2.18. The molecule has 5 nitrogen and oxygen atoms in total. The van der Waals surface area contributed by atoms with E-state index in [1.54, 1.807) is 31.3 Å². The highest BCUT2D eigenvalue weighted by Gasteiger charge is 2.32. The molecule has 0 aliphatic carbocycles. The first-order chi connectivity index (χ1) is 9.87. The summed E-state index contributed by atoms with van der Waals surface area (Å²) in [5.41, 5.74) is 0. The Hall–Kier alpha value is -1.27. The molecule has 0 aromatic heterocycles. The zero-order valence-corrected chi connectivity index (χ0v) is 13.4. The van der Waals surface area contributed by atoms with Crippen molar-refractivity contribution in [2.45, 2.75) is 18.9 Å². The van der Waals surface area contributed by atoms with E-state index in [1.165, 1.54) is 4.90 Å². The molecule has 1 aromatic rings. The average molecular weight is 332 g/mol. The van der Waals surface area contributed by atoms with Crippen LogP contribution >= 0.6 is 11.6 Å². The molecule has 116 valence electrons. The number of hydrogen-bond donors (Lipinski definition) is 0. The van der Waals surface area contributed by atoms with Gasteiger partial charge in [0.15, 0.2) is 9.84 Å². The molecule has 0 saturated carbocycles. The van der Waals surface area contributed by atoms with Crippen molar-refractivity contribution in [3.63, 3.8) is 0 Å². The summed E-state index contributed by atoms with van der Waals surface area (Å²) in [5, 5.41) is 0.626. The van der Waals surface area contributed by atoms with Crippen molar-refractivity contribution < 1.29 is 17.9 Å². The molecule has 7 heteroatoms. The molecule has 0 unspecified atom stereocenters. The largest absolute Gasteiger partial charge is 0.493 e. The summed E-state index contributed by atoms with van der Waals surface area (Å²) in [4.78, 5) is 13.5. The van der Waals surface area contributed by atoms with Crippen LogP contribution in [0.2, 0.25) is 5.02 Å². The fourth-order valence-corrected chi connectivity index (χ4v) is 4.15. The van der Waals surface area contributed by atoms with E-state index in [1.807, 2.05) is 0 Å². The molecule has 1 saturated heterocycles. The third-order valence-electron chi connectivity index (χ3n) is 3.55. The molecule has 1 fully saturated rings. The van der Waals surface area contributed by atoms with Gasteiger partial charge in [0.05, 0.1) is 24.5 Å². The molecule has 0 radical (unpaired) electrons. The lowest BCUT2D eigenvalue weighted by Crippen LogP contribution is -2.38. The highest BCUT2D eigenvalue weighted by molar-refractivity contribution is 7.91. The normalized spacial score (nSPS) is 20.2. The summed E-state index contributed by atoms with van der Waals surface area (Å²) in [6.45, 7) is 0.254. The van der Waals surface area contributed by atoms with Crippen LogP contribution in [0, 0.1) is 0 Å². The monoisotopic (exact) mass is 331 g/mol. The maximum Gasteiger partial charge on any atom is 0.226 e. The molecule has 1 atom stereocenters. The molecule has 21 heavy (non-hydrogen) atoms. The third kappa shape index (κ3) is 4.61. The lowest BCUT2D eigenvalue weighted by Gasteiger charge is -2.23. The smallest absolute Gasteiger partial charge is 0.226 e. The minimum Gasteiger partial charge on any atom is -0.493 e. The zero-order chi connectivity index (χ0) is 15.5. The molecule has 1 aromatic carbocycles. The quantitative estimate of drug-likeness (QED) is 0.824. The second kappa shape index (κ2) is 6.66. The van der Waals surface area contributed by atoms with E-state index >= 15 is 0 Å². The Morgan fingerprint density at radius 3 is 2.62 bits per heavy atom. The number of carbonyl (C=O) groups is 1. The van der Waals surface area contributed by atoms with Crippen LogP contribution in [-0.4, -0.2) is 50.4 Å². The number of ether oxygens (including phenoxy) is 1. The summed E-state index contributed by atoms with van der Waals surface area (Å²) in [6, 6.07) is 6.70. The summed E-state index contributed by atoms with van der Waals surface area (Å²) >= 11 is 5.77. The first kappa shape index (κ1) is 16.1. The van der Waals surface area contributed by atoms with Gasteiger partial charge in [-0.25, -0.2) is 8.42 Å². The minimum atomic E-state index is -2.98. The van der Waals surface area contributed by atoms with Crippen molar-refractivity contribution >= 4 is 27.3 Å². The number of sulfone groups is 1. The molecular weight excluding hydrogens is 314 g/mol. The zero-order valence-electron chi connectivity index (χ0n) is 11.8. The Kier molecular flexibility index (Phi) is 5.11. The van der Waals surface area contributed by atoms with E-state index < -0.39 is 9.84 Å². The van der Waals surface area contributed by atoms with Gasteiger partial charge in [-0.3, -0.25) is 4.79 Å². The third-order valence-corrected chi connectivity index (χ3v) is 5.55. The predicted octanol–water partition coefficient (Wildman–Crippen LogP) is 1.75. The van der Waals surface area contributed by atoms with Gasteiger partial charge >= 0.3 is 0 Å². The number of amides is 1. The number of nitrogens with zero attached hydrogens (tertiary/aromatic N) is 1. The summed E-state index contributed by atoms with van der Waals surface area (Å²) in [6.07, 6.45) is 0.734. The van der Waals surface area contributed by atoms with Gasteiger partial charge in [-0.2, -0.15) is 0 Å². The summed E-state index contributed by atoms with van der Waals surface area (Å²) in [7, 11) is -1.33. The summed E-state index contributed by atoms with van der Waals surface area (Å²) in [5.74, 6) is 0.772. The average Bonchev–Trinajstić information content (AvgIpc) is 2.80. The fraction of sp³-hybridized carbons (Fsp3) is 0.500. The van der Waals surface area contributed by atoms with Crippen LogP contribution in [0.15, 0.2) is 24.3 Å². The Labute approximate surface area is 129 Å². The van der Waals surface area contributed by atoms with Gasteiger partial charge in [0.2, 0.25) is 5.91 Å². The van der Waals surface area contributed by atoms with Crippen LogP contribution < -0.4 is 4.74 Å². The van der Waals surface area contributed by atoms with Crippen LogP contribution in [0.5, 0.6) is 5.75 Å². The van der Waals surface area contributed by atoms with Crippen molar-refractivity contribution in [1.29, 1.82) is 0 Å². The first-order valence-electron chi connectivity index (χ1n) is 6.72. The van der Waals surface area contributed by atoms with Crippen molar-refractivity contribution in [3.05, 3.63) is 29.3 Å². The van der Waals surface area contributed by atoms with Gasteiger partial charge in [-0.1, -0.05) is 11.6 Å². The van der Waals surface area contributed by atoms with E-state index in [-0.39, 0.29) is 36.5 Å². The maximum atomic E-state index is 12.0. The van der Waals surface area contributed by atoms with Crippen LogP contribution in [-0.2, 0) is 14.6 Å². The topological polar surface area (TPSA) is 63.7 Å². The number of halogens is 1. The molecule has 0 N–H and O–H groups in total. The molecule has 1 amide bonds. The number of hydrogen-bond acceptors (Lipinski definition) is 4. The van der Waals surface area contributed by atoms with E-state index in [9.17, 15) is 13.2 Å². The molecule has 0 bridgehead atoms. The maximum absolute atomic E-state index is 12.0. The van der Waals surface area contributed by atoms with Crippen LogP contribution in [0.25, 0.3) is 0 Å².